The number of thiophene rings is 1. The van der Waals surface area contributed by atoms with Crippen LogP contribution in [0.25, 0.3) is 10.2 Å². The van der Waals surface area contributed by atoms with Crippen LogP contribution in [0, 0.1) is 0 Å². The molecule has 0 aliphatic carbocycles. The number of hydrogen-bond donors (Lipinski definition) is 1. The lowest BCUT2D eigenvalue weighted by molar-refractivity contribution is 0.177. The molecule has 0 aromatic carbocycles. The topological polar surface area (TPSA) is 50.3 Å². The van der Waals surface area contributed by atoms with Crippen LogP contribution >= 0.6 is 11.3 Å². The van der Waals surface area contributed by atoms with Crippen LogP contribution in [0.1, 0.15) is 12.2 Å². The zero-order chi connectivity index (χ0) is 13.7. The Morgan fingerprint density at radius 2 is 2.26 bits per heavy atom. The first-order valence-corrected chi connectivity index (χ1v) is 7.22. The Hall–Kier alpha value is -1.24. The molecule has 6 heteroatoms. The second-order valence-corrected chi connectivity index (χ2v) is 5.36. The minimum atomic E-state index is 0.756. The van der Waals surface area contributed by atoms with E-state index in [0.29, 0.717) is 0 Å². The van der Waals surface area contributed by atoms with E-state index in [1.807, 2.05) is 12.4 Å². The third-order valence-corrected chi connectivity index (χ3v) is 3.71. The van der Waals surface area contributed by atoms with Gasteiger partial charge in [0.05, 0.1) is 11.9 Å². The fraction of sp³-hybridized carbons (Fsp3) is 0.538. The standard InChI is InChI=1S/C13H20N4OS/c1-14-12-10-5-8-19-13(10)16-11(15-12)9-17(2)6-4-7-18-3/h5,8H,4,6-7,9H2,1-3H3,(H,14,15,16). The third kappa shape index (κ3) is 3.62. The van der Waals surface area contributed by atoms with Gasteiger partial charge in [-0.25, -0.2) is 9.97 Å². The van der Waals surface area contributed by atoms with Crippen LogP contribution in [0.15, 0.2) is 11.4 Å². The van der Waals surface area contributed by atoms with Gasteiger partial charge in [0.15, 0.2) is 0 Å². The fourth-order valence-corrected chi connectivity index (χ4v) is 2.74. The van der Waals surface area contributed by atoms with Crippen molar-refractivity contribution < 1.29 is 4.74 Å². The second-order valence-electron chi connectivity index (χ2n) is 4.46. The summed E-state index contributed by atoms with van der Waals surface area (Å²) in [5, 5.41) is 6.28. The molecule has 0 radical (unpaired) electrons. The Labute approximate surface area is 117 Å². The van der Waals surface area contributed by atoms with Gasteiger partial charge >= 0.3 is 0 Å². The molecule has 2 heterocycles. The van der Waals surface area contributed by atoms with E-state index < -0.39 is 0 Å². The van der Waals surface area contributed by atoms with E-state index in [4.69, 9.17) is 4.74 Å². The third-order valence-electron chi connectivity index (χ3n) is 2.91. The number of rotatable bonds is 7. The van der Waals surface area contributed by atoms with Gasteiger partial charge in [-0.05, 0) is 24.9 Å². The number of nitrogens with zero attached hydrogens (tertiary/aromatic N) is 3. The average molecular weight is 280 g/mol. The summed E-state index contributed by atoms with van der Waals surface area (Å²) in [6.45, 7) is 2.53. The second kappa shape index (κ2) is 6.79. The summed E-state index contributed by atoms with van der Waals surface area (Å²) in [5.74, 6) is 1.77. The predicted octanol–water partition coefficient (Wildman–Crippen LogP) is 2.20. The molecular weight excluding hydrogens is 260 g/mol. The summed E-state index contributed by atoms with van der Waals surface area (Å²) < 4.78 is 5.06. The average Bonchev–Trinajstić information content (AvgIpc) is 2.86. The molecule has 0 amide bonds. The van der Waals surface area contributed by atoms with Gasteiger partial charge in [0.1, 0.15) is 16.5 Å². The van der Waals surface area contributed by atoms with E-state index in [1.54, 1.807) is 18.4 Å². The summed E-state index contributed by atoms with van der Waals surface area (Å²) >= 11 is 1.65. The van der Waals surface area contributed by atoms with Gasteiger partial charge in [0.25, 0.3) is 0 Å². The lowest BCUT2D eigenvalue weighted by atomic mass is 10.3. The minimum Gasteiger partial charge on any atom is -0.385 e. The highest BCUT2D eigenvalue weighted by Gasteiger charge is 2.09. The smallest absolute Gasteiger partial charge is 0.146 e. The zero-order valence-electron chi connectivity index (χ0n) is 11.6. The zero-order valence-corrected chi connectivity index (χ0v) is 12.5. The first kappa shape index (κ1) is 14.2. The van der Waals surface area contributed by atoms with Gasteiger partial charge in [-0.15, -0.1) is 11.3 Å². The first-order chi connectivity index (χ1) is 9.24. The van der Waals surface area contributed by atoms with Crippen molar-refractivity contribution in [2.75, 3.05) is 39.7 Å². The molecule has 0 spiro atoms. The Bertz CT molecular complexity index is 528. The number of ether oxygens (including phenoxy) is 1. The lowest BCUT2D eigenvalue weighted by Crippen LogP contribution is -2.21. The fourth-order valence-electron chi connectivity index (χ4n) is 1.96. The van der Waals surface area contributed by atoms with Gasteiger partial charge in [-0.3, -0.25) is 4.90 Å². The summed E-state index contributed by atoms with van der Waals surface area (Å²) in [5.41, 5.74) is 0. The molecule has 19 heavy (non-hydrogen) atoms. The van der Waals surface area contributed by atoms with Crippen molar-refractivity contribution in [3.8, 4) is 0 Å². The summed E-state index contributed by atoms with van der Waals surface area (Å²) in [6, 6.07) is 2.05. The molecule has 0 aliphatic heterocycles. The van der Waals surface area contributed by atoms with Crippen molar-refractivity contribution >= 4 is 27.4 Å². The molecule has 0 atom stereocenters. The largest absolute Gasteiger partial charge is 0.385 e. The first-order valence-electron chi connectivity index (χ1n) is 6.34. The van der Waals surface area contributed by atoms with Crippen LogP contribution in [0.2, 0.25) is 0 Å². The number of methoxy groups -OCH3 is 1. The quantitative estimate of drug-likeness (QED) is 0.788. The molecular formula is C13H20N4OS. The predicted molar refractivity (Wildman–Crippen MR) is 79.8 cm³/mol. The van der Waals surface area contributed by atoms with Crippen LogP contribution in [0.4, 0.5) is 5.82 Å². The molecule has 0 saturated carbocycles. The van der Waals surface area contributed by atoms with E-state index in [-0.39, 0.29) is 0 Å². The minimum absolute atomic E-state index is 0.756. The molecule has 2 rings (SSSR count). The maximum atomic E-state index is 5.06. The van der Waals surface area contributed by atoms with Crippen molar-refractivity contribution in [2.45, 2.75) is 13.0 Å². The lowest BCUT2D eigenvalue weighted by Gasteiger charge is -2.15. The van der Waals surface area contributed by atoms with Crippen molar-refractivity contribution in [1.82, 2.24) is 14.9 Å². The molecule has 2 aromatic rings. The maximum Gasteiger partial charge on any atom is 0.146 e. The van der Waals surface area contributed by atoms with E-state index in [1.165, 1.54) is 0 Å². The van der Waals surface area contributed by atoms with E-state index in [9.17, 15) is 0 Å². The number of anilines is 1. The molecule has 0 aliphatic rings. The summed E-state index contributed by atoms with van der Waals surface area (Å²) in [7, 11) is 5.70. The molecule has 0 unspecified atom stereocenters. The Kier molecular flexibility index (Phi) is 5.07. The van der Waals surface area contributed by atoms with Gasteiger partial charge in [-0.2, -0.15) is 0 Å². The van der Waals surface area contributed by atoms with Crippen LogP contribution in [-0.4, -0.2) is 49.2 Å². The Morgan fingerprint density at radius 1 is 1.42 bits per heavy atom. The molecule has 1 N–H and O–H groups in total. The molecule has 5 nitrogen and oxygen atoms in total. The maximum absolute atomic E-state index is 5.06. The van der Waals surface area contributed by atoms with Crippen LogP contribution in [0.5, 0.6) is 0 Å². The Morgan fingerprint density at radius 3 is 3.00 bits per heavy atom. The van der Waals surface area contributed by atoms with Crippen molar-refractivity contribution in [3.63, 3.8) is 0 Å². The van der Waals surface area contributed by atoms with Crippen molar-refractivity contribution in [2.24, 2.45) is 0 Å². The Balaban J connectivity index is 2.07. The van der Waals surface area contributed by atoms with E-state index in [0.717, 1.165) is 48.0 Å². The van der Waals surface area contributed by atoms with Gasteiger partial charge in [-0.1, -0.05) is 0 Å². The van der Waals surface area contributed by atoms with Gasteiger partial charge in [0, 0.05) is 27.3 Å². The van der Waals surface area contributed by atoms with Crippen LogP contribution in [0.3, 0.4) is 0 Å². The number of nitrogens with one attached hydrogen (secondary N) is 1. The molecule has 0 bridgehead atoms. The highest BCUT2D eigenvalue weighted by molar-refractivity contribution is 7.16. The van der Waals surface area contributed by atoms with Gasteiger partial charge in [0.2, 0.25) is 0 Å². The molecule has 0 fully saturated rings. The van der Waals surface area contributed by atoms with E-state index in [2.05, 4.69) is 33.3 Å². The normalized spacial score (nSPS) is 11.4. The summed E-state index contributed by atoms with van der Waals surface area (Å²) in [6.07, 6.45) is 1.02. The molecule has 104 valence electrons. The van der Waals surface area contributed by atoms with Crippen molar-refractivity contribution in [1.29, 1.82) is 0 Å². The van der Waals surface area contributed by atoms with Crippen LogP contribution in [-0.2, 0) is 11.3 Å². The highest BCUT2D eigenvalue weighted by atomic mass is 32.1. The molecule has 2 aromatic heterocycles. The number of fused-ring (bicyclic) bond motifs is 1. The SMILES string of the molecule is CNc1nc(CN(C)CCCOC)nc2sccc12. The highest BCUT2D eigenvalue weighted by Crippen LogP contribution is 2.24. The summed E-state index contributed by atoms with van der Waals surface area (Å²) in [4.78, 5) is 12.4. The number of hydrogen-bond acceptors (Lipinski definition) is 6. The molecule has 0 saturated heterocycles. The monoisotopic (exact) mass is 280 g/mol. The van der Waals surface area contributed by atoms with Gasteiger partial charge < -0.3 is 10.1 Å². The van der Waals surface area contributed by atoms with Crippen LogP contribution < -0.4 is 5.32 Å². The van der Waals surface area contributed by atoms with Crippen molar-refractivity contribution in [3.05, 3.63) is 17.3 Å². The number of aromatic nitrogens is 2. The van der Waals surface area contributed by atoms with E-state index >= 15 is 0 Å².